The van der Waals surface area contributed by atoms with Crippen molar-refractivity contribution in [3.8, 4) is 11.5 Å². The van der Waals surface area contributed by atoms with Gasteiger partial charge in [0.2, 0.25) is 0 Å². The van der Waals surface area contributed by atoms with Gasteiger partial charge in [0, 0.05) is 18.2 Å². The van der Waals surface area contributed by atoms with Crippen molar-refractivity contribution in [3.63, 3.8) is 0 Å². The van der Waals surface area contributed by atoms with E-state index in [1.807, 2.05) is 0 Å². The largest absolute Gasteiger partial charge is 0.503 e. The lowest BCUT2D eigenvalue weighted by Gasteiger charge is -2.27. The molecule has 0 aliphatic rings. The van der Waals surface area contributed by atoms with Gasteiger partial charge in [0.25, 0.3) is 5.91 Å². The number of methoxy groups -OCH3 is 1. The summed E-state index contributed by atoms with van der Waals surface area (Å²) in [4.78, 5) is 29.4. The lowest BCUT2D eigenvalue weighted by atomic mass is 9.87. The first-order chi connectivity index (χ1) is 17.0. The van der Waals surface area contributed by atoms with E-state index in [0.717, 1.165) is 11.1 Å². The second-order valence-corrected chi connectivity index (χ2v) is 9.50. The van der Waals surface area contributed by atoms with Crippen LogP contribution in [-0.4, -0.2) is 41.2 Å². The van der Waals surface area contributed by atoms with Crippen LogP contribution in [0, 0.1) is 0 Å². The minimum absolute atomic E-state index is 0.0742. The van der Waals surface area contributed by atoms with Gasteiger partial charge in [-0.15, -0.1) is 0 Å². The lowest BCUT2D eigenvalue weighted by molar-refractivity contribution is -0.150. The standard InChI is InChI=1S/C25H22Cl4N2O5/c1-12(31-24(33)22-23(32)20(35-3)8-9-30-22)25(34)36-13(2)21(14-4-6-16(26)18(28)10-14)15-5-7-17(27)19(29)11-15/h4-13,21,32H,1-3H3,(H,31,33)/t12-,13-/m0/s1. The van der Waals surface area contributed by atoms with Crippen LogP contribution in [0.25, 0.3) is 0 Å². The number of carbonyl (C=O) groups excluding carboxylic acids is 2. The van der Waals surface area contributed by atoms with Crippen molar-refractivity contribution in [3.05, 3.63) is 85.6 Å². The topological polar surface area (TPSA) is 97.8 Å². The Bertz CT molecular complexity index is 1240. The van der Waals surface area contributed by atoms with E-state index in [1.54, 1.807) is 43.3 Å². The quantitative estimate of drug-likeness (QED) is 0.308. The summed E-state index contributed by atoms with van der Waals surface area (Å²) in [6.45, 7) is 3.16. The molecule has 36 heavy (non-hydrogen) atoms. The number of ether oxygens (including phenoxy) is 2. The number of pyridine rings is 1. The van der Waals surface area contributed by atoms with E-state index in [2.05, 4.69) is 10.3 Å². The molecule has 0 aliphatic heterocycles. The van der Waals surface area contributed by atoms with Crippen molar-refractivity contribution < 1.29 is 24.2 Å². The van der Waals surface area contributed by atoms with Gasteiger partial charge in [-0.05, 0) is 49.2 Å². The van der Waals surface area contributed by atoms with E-state index < -0.39 is 35.7 Å². The number of aromatic nitrogens is 1. The molecule has 0 spiro atoms. The van der Waals surface area contributed by atoms with Crippen LogP contribution in [0.15, 0.2) is 48.7 Å². The molecule has 0 aliphatic carbocycles. The summed E-state index contributed by atoms with van der Waals surface area (Å²) in [5.41, 5.74) is 1.17. The molecule has 1 amide bonds. The molecule has 2 N–H and O–H groups in total. The van der Waals surface area contributed by atoms with E-state index >= 15 is 0 Å². The molecule has 0 radical (unpaired) electrons. The number of hydrogen-bond acceptors (Lipinski definition) is 6. The monoisotopic (exact) mass is 570 g/mol. The number of nitrogens with zero attached hydrogens (tertiary/aromatic N) is 1. The van der Waals surface area contributed by atoms with Gasteiger partial charge < -0.3 is 19.9 Å². The van der Waals surface area contributed by atoms with Gasteiger partial charge in [0.05, 0.1) is 27.2 Å². The Morgan fingerprint density at radius 3 is 1.97 bits per heavy atom. The fourth-order valence-corrected chi connectivity index (χ4v) is 4.20. The Kier molecular flexibility index (Phi) is 9.30. The molecular formula is C25H22Cl4N2O5. The highest BCUT2D eigenvalue weighted by Gasteiger charge is 2.29. The van der Waals surface area contributed by atoms with Gasteiger partial charge in [-0.1, -0.05) is 58.5 Å². The summed E-state index contributed by atoms with van der Waals surface area (Å²) in [5, 5.41) is 14.1. The predicted molar refractivity (Wildman–Crippen MR) is 140 cm³/mol. The van der Waals surface area contributed by atoms with E-state index in [9.17, 15) is 14.7 Å². The van der Waals surface area contributed by atoms with E-state index in [0.29, 0.717) is 20.1 Å². The third-order valence-electron chi connectivity index (χ3n) is 5.40. The summed E-state index contributed by atoms with van der Waals surface area (Å²) in [7, 11) is 1.34. The number of carbonyl (C=O) groups is 2. The number of rotatable bonds is 8. The van der Waals surface area contributed by atoms with Crippen LogP contribution < -0.4 is 10.1 Å². The summed E-state index contributed by atoms with van der Waals surface area (Å²) in [6.07, 6.45) is 0.590. The van der Waals surface area contributed by atoms with Crippen LogP contribution in [0.3, 0.4) is 0 Å². The smallest absolute Gasteiger partial charge is 0.328 e. The molecule has 0 bridgehead atoms. The summed E-state index contributed by atoms with van der Waals surface area (Å²) < 4.78 is 10.7. The second kappa shape index (κ2) is 12.0. The minimum atomic E-state index is -1.06. The number of amides is 1. The Balaban J connectivity index is 1.82. The molecule has 0 saturated heterocycles. The number of esters is 1. The van der Waals surface area contributed by atoms with Crippen LogP contribution in [0.5, 0.6) is 11.5 Å². The third kappa shape index (κ3) is 6.34. The molecule has 1 aromatic heterocycles. The second-order valence-electron chi connectivity index (χ2n) is 7.87. The van der Waals surface area contributed by atoms with E-state index in [-0.39, 0.29) is 11.4 Å². The molecule has 0 unspecified atom stereocenters. The average molecular weight is 572 g/mol. The van der Waals surface area contributed by atoms with Crippen LogP contribution >= 0.6 is 46.4 Å². The van der Waals surface area contributed by atoms with Crippen LogP contribution in [0.1, 0.15) is 41.4 Å². The fraction of sp³-hybridized carbons (Fsp3) is 0.240. The van der Waals surface area contributed by atoms with Crippen molar-refractivity contribution in [2.45, 2.75) is 31.9 Å². The third-order valence-corrected chi connectivity index (χ3v) is 6.88. The number of hydrogen-bond donors (Lipinski definition) is 2. The Morgan fingerprint density at radius 1 is 0.917 bits per heavy atom. The molecule has 190 valence electrons. The summed E-state index contributed by atoms with van der Waals surface area (Å²) >= 11 is 24.7. The number of halogens is 4. The number of benzene rings is 2. The van der Waals surface area contributed by atoms with Crippen molar-refractivity contribution in [1.29, 1.82) is 0 Å². The molecule has 1 heterocycles. The fourth-order valence-electron chi connectivity index (χ4n) is 3.59. The zero-order valence-corrected chi connectivity index (χ0v) is 22.4. The first-order valence-electron chi connectivity index (χ1n) is 10.7. The molecule has 2 atom stereocenters. The first-order valence-corrected chi connectivity index (χ1v) is 12.2. The van der Waals surface area contributed by atoms with Crippen molar-refractivity contribution >= 4 is 58.3 Å². The Hall–Kier alpha value is -2.71. The molecule has 2 aromatic carbocycles. The molecular weight excluding hydrogens is 550 g/mol. The van der Waals surface area contributed by atoms with Crippen LogP contribution in [0.2, 0.25) is 20.1 Å². The van der Waals surface area contributed by atoms with E-state index in [1.165, 1.54) is 26.3 Å². The van der Waals surface area contributed by atoms with E-state index in [4.69, 9.17) is 55.9 Å². The maximum absolute atomic E-state index is 12.9. The summed E-state index contributed by atoms with van der Waals surface area (Å²) in [5.74, 6) is -2.32. The van der Waals surface area contributed by atoms with Gasteiger partial charge >= 0.3 is 5.97 Å². The molecule has 0 saturated carbocycles. The van der Waals surface area contributed by atoms with Crippen molar-refractivity contribution in [2.75, 3.05) is 7.11 Å². The van der Waals surface area contributed by atoms with Gasteiger partial charge in [-0.3, -0.25) is 4.79 Å². The van der Waals surface area contributed by atoms with Gasteiger partial charge in [-0.25, -0.2) is 9.78 Å². The van der Waals surface area contributed by atoms with Gasteiger partial charge in [0.1, 0.15) is 12.1 Å². The molecule has 11 heteroatoms. The SMILES string of the molecule is COc1ccnc(C(=O)N[C@@H](C)C(=O)O[C@@H](C)C(c2ccc(Cl)c(Cl)c2)c2ccc(Cl)c(Cl)c2)c1O. The van der Waals surface area contributed by atoms with Crippen LogP contribution in [-0.2, 0) is 9.53 Å². The van der Waals surface area contributed by atoms with Crippen molar-refractivity contribution in [2.24, 2.45) is 0 Å². The minimum Gasteiger partial charge on any atom is -0.503 e. The number of nitrogens with one attached hydrogen (secondary N) is 1. The molecule has 3 aromatic rings. The normalized spacial score (nSPS) is 12.7. The Labute approximate surface area is 228 Å². The zero-order valence-electron chi connectivity index (χ0n) is 19.4. The highest BCUT2D eigenvalue weighted by Crippen LogP contribution is 2.36. The van der Waals surface area contributed by atoms with Crippen molar-refractivity contribution in [1.82, 2.24) is 10.3 Å². The van der Waals surface area contributed by atoms with Gasteiger partial charge in [0.15, 0.2) is 17.2 Å². The Morgan fingerprint density at radius 2 is 1.47 bits per heavy atom. The highest BCUT2D eigenvalue weighted by atomic mass is 35.5. The maximum atomic E-state index is 12.9. The molecule has 0 fully saturated rings. The van der Waals surface area contributed by atoms with Crippen LogP contribution in [0.4, 0.5) is 0 Å². The lowest BCUT2D eigenvalue weighted by Crippen LogP contribution is -2.41. The highest BCUT2D eigenvalue weighted by molar-refractivity contribution is 6.42. The number of aromatic hydroxyl groups is 1. The predicted octanol–water partition coefficient (Wildman–Crippen LogP) is 6.29. The first kappa shape index (κ1) is 27.9. The van der Waals surface area contributed by atoms with Gasteiger partial charge in [-0.2, -0.15) is 0 Å². The maximum Gasteiger partial charge on any atom is 0.328 e. The molecule has 7 nitrogen and oxygen atoms in total. The molecule has 3 rings (SSSR count). The summed E-state index contributed by atoms with van der Waals surface area (Å²) in [6, 6.07) is 10.5. The average Bonchev–Trinajstić information content (AvgIpc) is 2.83. The zero-order chi connectivity index (χ0) is 26.6.